The second-order valence-corrected chi connectivity index (χ2v) is 7.51. The molecule has 0 spiro atoms. The van der Waals surface area contributed by atoms with Gasteiger partial charge in [-0.2, -0.15) is 39.5 Å². The van der Waals surface area contributed by atoms with Crippen LogP contribution in [0.25, 0.3) is 0 Å². The summed E-state index contributed by atoms with van der Waals surface area (Å²) in [6.07, 6.45) is -18.8. The van der Waals surface area contributed by atoms with Crippen LogP contribution in [0.5, 0.6) is 5.75 Å². The molecule has 0 unspecified atom stereocenters. The molecule has 0 saturated carbocycles. The molecule has 12 heteroatoms. The molecule has 1 aromatic carbocycles. The van der Waals surface area contributed by atoms with Gasteiger partial charge in [-0.25, -0.2) is 0 Å². The normalized spacial score (nSPS) is 14.0. The molecule has 0 aliphatic carbocycles. The van der Waals surface area contributed by atoms with Crippen molar-refractivity contribution < 1.29 is 49.0 Å². The van der Waals surface area contributed by atoms with Crippen molar-refractivity contribution in [2.75, 3.05) is 12.4 Å². The van der Waals surface area contributed by atoms with Gasteiger partial charge < -0.3 is 10.1 Å². The van der Waals surface area contributed by atoms with E-state index in [0.29, 0.717) is 12.1 Å². The number of hydrogen-bond donors (Lipinski definition) is 1. The lowest BCUT2D eigenvalue weighted by Gasteiger charge is -2.39. The molecule has 0 saturated heterocycles. The predicted octanol–water partition coefficient (Wildman–Crippen LogP) is 6.20. The zero-order chi connectivity index (χ0) is 23.1. The van der Waals surface area contributed by atoms with Gasteiger partial charge in [-0.15, -0.1) is 0 Å². The highest BCUT2D eigenvalue weighted by Gasteiger charge is 2.75. The molecule has 0 radical (unpaired) electrons. The molecule has 1 aromatic rings. The summed E-state index contributed by atoms with van der Waals surface area (Å²) >= 11 is 0. The van der Waals surface area contributed by atoms with E-state index in [1.165, 1.54) is 5.32 Å². The second kappa shape index (κ2) is 7.60. The molecule has 166 valence electrons. The van der Waals surface area contributed by atoms with Gasteiger partial charge >= 0.3 is 18.5 Å². The summed E-state index contributed by atoms with van der Waals surface area (Å²) < 4.78 is 125. The minimum Gasteiger partial charge on any atom is -0.495 e. The molecule has 0 atom stereocenters. The summed E-state index contributed by atoms with van der Waals surface area (Å²) in [5.74, 6) is -3.09. The number of amides is 1. The molecular weight excluding hydrogens is 421 g/mol. The van der Waals surface area contributed by atoms with E-state index in [1.807, 2.05) is 0 Å². The van der Waals surface area contributed by atoms with E-state index in [1.54, 1.807) is 0 Å². The summed E-state index contributed by atoms with van der Waals surface area (Å²) in [4.78, 5) is 12.3. The van der Waals surface area contributed by atoms with E-state index in [4.69, 9.17) is 0 Å². The monoisotopic (exact) mass is 439 g/mol. The summed E-state index contributed by atoms with van der Waals surface area (Å²) in [5, 5.41) is 1.35. The van der Waals surface area contributed by atoms with Crippen molar-refractivity contribution in [3.8, 4) is 5.75 Å². The number of carbonyl (C=O) groups is 1. The number of rotatable bonds is 4. The van der Waals surface area contributed by atoms with Gasteiger partial charge in [-0.3, -0.25) is 4.79 Å². The van der Waals surface area contributed by atoms with Gasteiger partial charge in [0, 0.05) is 0 Å². The fourth-order valence-electron chi connectivity index (χ4n) is 2.71. The minimum absolute atomic E-state index is 0.200. The average Bonchev–Trinajstić information content (AvgIpc) is 2.48. The Bertz CT molecular complexity index is 729. The Labute approximate surface area is 160 Å². The first kappa shape index (κ1) is 24.9. The highest BCUT2D eigenvalue weighted by molar-refractivity contribution is 5.98. The van der Waals surface area contributed by atoms with Crippen molar-refractivity contribution in [2.45, 2.75) is 45.7 Å². The number of nitrogens with one attached hydrogen (secondary N) is 1. The summed E-state index contributed by atoms with van der Waals surface area (Å²) in [7, 11) is 0.925. The quantitative estimate of drug-likeness (QED) is 0.568. The van der Waals surface area contributed by atoms with Gasteiger partial charge in [-0.1, -0.05) is 20.8 Å². The molecular formula is C17H18F9NO2. The van der Waals surface area contributed by atoms with E-state index in [0.717, 1.165) is 27.9 Å². The summed E-state index contributed by atoms with van der Waals surface area (Å²) in [6, 6.07) is 1.38. The van der Waals surface area contributed by atoms with Crippen LogP contribution in [0.4, 0.5) is 45.2 Å². The first-order chi connectivity index (χ1) is 12.8. The molecule has 1 N–H and O–H groups in total. The zero-order valence-corrected chi connectivity index (χ0v) is 15.7. The van der Waals surface area contributed by atoms with Crippen LogP contribution in [-0.4, -0.2) is 25.4 Å². The zero-order valence-electron chi connectivity index (χ0n) is 15.7. The van der Waals surface area contributed by atoms with Crippen LogP contribution in [0.15, 0.2) is 18.2 Å². The van der Waals surface area contributed by atoms with Crippen LogP contribution in [-0.2, 0) is 11.0 Å². The first-order valence-corrected chi connectivity index (χ1v) is 7.96. The highest BCUT2D eigenvalue weighted by Crippen LogP contribution is 2.56. The number of alkyl halides is 9. The van der Waals surface area contributed by atoms with Gasteiger partial charge in [0.25, 0.3) is 0 Å². The van der Waals surface area contributed by atoms with Crippen molar-refractivity contribution in [3.05, 3.63) is 23.8 Å². The molecule has 1 rings (SSSR count). The Morgan fingerprint density at radius 2 is 1.41 bits per heavy atom. The van der Waals surface area contributed by atoms with Gasteiger partial charge in [0.1, 0.15) is 5.75 Å². The Morgan fingerprint density at radius 1 is 0.931 bits per heavy atom. The van der Waals surface area contributed by atoms with Crippen molar-refractivity contribution >= 4 is 11.6 Å². The van der Waals surface area contributed by atoms with Crippen LogP contribution < -0.4 is 10.1 Å². The van der Waals surface area contributed by atoms with Crippen molar-refractivity contribution in [2.24, 2.45) is 10.8 Å². The third-order valence-electron chi connectivity index (χ3n) is 3.93. The largest absolute Gasteiger partial charge is 0.495 e. The fourth-order valence-corrected chi connectivity index (χ4v) is 2.71. The molecule has 0 aliphatic rings. The van der Waals surface area contributed by atoms with Crippen LogP contribution >= 0.6 is 0 Å². The predicted molar refractivity (Wildman–Crippen MR) is 85.2 cm³/mol. The van der Waals surface area contributed by atoms with Crippen LogP contribution in [0, 0.1) is 10.8 Å². The van der Waals surface area contributed by atoms with E-state index >= 15 is 0 Å². The molecule has 0 fully saturated rings. The number of carbonyl (C=O) groups excluding carboxylic acids is 1. The van der Waals surface area contributed by atoms with Crippen LogP contribution in [0.1, 0.15) is 32.8 Å². The van der Waals surface area contributed by atoms with Gasteiger partial charge in [0.05, 0.1) is 18.4 Å². The molecule has 0 bridgehead atoms. The summed E-state index contributed by atoms with van der Waals surface area (Å²) in [6.45, 7) is 3.20. The number of benzene rings is 1. The number of anilines is 1. The number of methoxy groups -OCH3 is 1. The van der Waals surface area contributed by atoms with Crippen LogP contribution in [0.3, 0.4) is 0 Å². The Kier molecular flexibility index (Phi) is 6.52. The Hall–Kier alpha value is -2.14. The SMILES string of the molecule is COc1ccc(C(F)(F)F)cc1NC(=O)C(CC(C)(C)C)(C(F)(F)F)C(F)(F)F. The van der Waals surface area contributed by atoms with E-state index in [9.17, 15) is 44.3 Å². The lowest BCUT2D eigenvalue weighted by molar-refractivity contribution is -0.330. The molecule has 0 aliphatic heterocycles. The molecule has 29 heavy (non-hydrogen) atoms. The number of halogens is 9. The highest BCUT2D eigenvalue weighted by atomic mass is 19.4. The van der Waals surface area contributed by atoms with Gasteiger partial charge in [0.15, 0.2) is 0 Å². The van der Waals surface area contributed by atoms with Crippen LogP contribution in [0.2, 0.25) is 0 Å². The van der Waals surface area contributed by atoms with Crippen molar-refractivity contribution in [3.63, 3.8) is 0 Å². The molecule has 3 nitrogen and oxygen atoms in total. The van der Waals surface area contributed by atoms with E-state index < -0.39 is 58.7 Å². The maximum atomic E-state index is 13.6. The molecule has 1 amide bonds. The third-order valence-corrected chi connectivity index (χ3v) is 3.93. The Balaban J connectivity index is 3.61. The van der Waals surface area contributed by atoms with Gasteiger partial charge in [-0.05, 0) is 30.0 Å². The topological polar surface area (TPSA) is 38.3 Å². The maximum absolute atomic E-state index is 13.6. The third kappa shape index (κ3) is 5.27. The number of ether oxygens (including phenoxy) is 1. The number of hydrogen-bond acceptors (Lipinski definition) is 2. The lowest BCUT2D eigenvalue weighted by atomic mass is 9.71. The Morgan fingerprint density at radius 3 is 1.76 bits per heavy atom. The smallest absolute Gasteiger partial charge is 0.416 e. The van der Waals surface area contributed by atoms with Crippen molar-refractivity contribution in [1.29, 1.82) is 0 Å². The second-order valence-electron chi connectivity index (χ2n) is 7.51. The van der Waals surface area contributed by atoms with E-state index in [2.05, 4.69) is 4.74 Å². The van der Waals surface area contributed by atoms with E-state index in [-0.39, 0.29) is 6.07 Å². The van der Waals surface area contributed by atoms with Gasteiger partial charge in [0.2, 0.25) is 11.3 Å². The fraction of sp³-hybridized carbons (Fsp3) is 0.588. The standard InChI is InChI=1S/C17H18F9NO2/c1-13(2,3)8-14(16(21,22)23,17(24,25)26)12(28)27-10-7-9(15(18,19)20)5-6-11(10)29-4/h5-7H,8H2,1-4H3,(H,27,28). The minimum atomic E-state index is -6.07. The summed E-state index contributed by atoms with van der Waals surface area (Å²) in [5.41, 5.74) is -8.83. The average molecular weight is 439 g/mol. The molecule has 0 aromatic heterocycles. The van der Waals surface area contributed by atoms with Crippen molar-refractivity contribution in [1.82, 2.24) is 0 Å². The molecule has 0 heterocycles. The lowest BCUT2D eigenvalue weighted by Crippen LogP contribution is -2.59. The first-order valence-electron chi connectivity index (χ1n) is 7.96. The maximum Gasteiger partial charge on any atom is 0.416 e.